The number of nitrogens with one attached hydrogen (secondary N) is 1. The van der Waals surface area contributed by atoms with Gasteiger partial charge >= 0.3 is 0 Å². The number of carbonyl (C=O) groups is 2. The maximum atomic E-state index is 13.1. The molecule has 0 bridgehead atoms. The van der Waals surface area contributed by atoms with Crippen LogP contribution in [0.3, 0.4) is 0 Å². The second-order valence-electron chi connectivity index (χ2n) is 6.70. The Morgan fingerprint density at radius 3 is 2.33 bits per heavy atom. The minimum atomic E-state index is -0.885. The van der Waals surface area contributed by atoms with Gasteiger partial charge in [0.15, 0.2) is 11.9 Å². The molecule has 30 heavy (non-hydrogen) atoms. The summed E-state index contributed by atoms with van der Waals surface area (Å²) in [4.78, 5) is 25.8. The average molecular weight is 403 g/mol. The molecular weight excluding hydrogens is 385 g/mol. The van der Waals surface area contributed by atoms with Crippen LogP contribution in [-0.2, 0) is 4.79 Å². The molecule has 1 aromatic heterocycles. The molecule has 0 spiro atoms. The summed E-state index contributed by atoms with van der Waals surface area (Å²) in [7, 11) is 0. The first-order chi connectivity index (χ1) is 14.5. The molecule has 5 nitrogen and oxygen atoms in total. The fourth-order valence-corrected chi connectivity index (χ4v) is 3.05. The summed E-state index contributed by atoms with van der Waals surface area (Å²) >= 11 is 0. The Balaban J connectivity index is 1.63. The van der Waals surface area contributed by atoms with Gasteiger partial charge in [-0.15, -0.1) is 0 Å². The maximum absolute atomic E-state index is 13.1. The molecule has 1 amide bonds. The number of hydrogen-bond acceptors (Lipinski definition) is 4. The third kappa shape index (κ3) is 3.93. The number of furan rings is 1. The Hall–Kier alpha value is -3.93. The molecular formula is C24H18FNO4. The number of rotatable bonds is 6. The number of anilines is 1. The standard InChI is InChI=1S/C24H18FNO4/c1-15(29-18-13-11-17(25)12-14-18)24(28)26-21-19-9-5-6-10-20(19)30-23(21)22(27)16-7-3-2-4-8-16/h2-15H,1H3,(H,26,28). The zero-order valence-electron chi connectivity index (χ0n) is 16.1. The quantitative estimate of drug-likeness (QED) is 0.449. The lowest BCUT2D eigenvalue weighted by Gasteiger charge is -2.15. The Morgan fingerprint density at radius 1 is 0.933 bits per heavy atom. The number of carbonyl (C=O) groups excluding carboxylic acids is 2. The molecule has 0 saturated carbocycles. The third-order valence-electron chi connectivity index (χ3n) is 4.58. The Bertz CT molecular complexity index is 1200. The molecule has 0 radical (unpaired) electrons. The highest BCUT2D eigenvalue weighted by molar-refractivity contribution is 6.17. The van der Waals surface area contributed by atoms with Crippen LogP contribution < -0.4 is 10.1 Å². The van der Waals surface area contributed by atoms with Crippen molar-refractivity contribution in [2.24, 2.45) is 0 Å². The predicted octanol–water partition coefficient (Wildman–Crippen LogP) is 5.21. The van der Waals surface area contributed by atoms with Crippen LogP contribution in [0.5, 0.6) is 5.75 Å². The minimum absolute atomic E-state index is 0.0460. The monoisotopic (exact) mass is 403 g/mol. The van der Waals surface area contributed by atoms with E-state index in [-0.39, 0.29) is 11.5 Å². The number of ketones is 1. The van der Waals surface area contributed by atoms with Crippen LogP contribution in [-0.4, -0.2) is 17.8 Å². The summed E-state index contributed by atoms with van der Waals surface area (Å²) in [5.41, 5.74) is 1.22. The van der Waals surface area contributed by atoms with Crippen LogP contribution in [0.25, 0.3) is 11.0 Å². The van der Waals surface area contributed by atoms with Gasteiger partial charge in [0, 0.05) is 10.9 Å². The molecule has 0 fully saturated rings. The van der Waals surface area contributed by atoms with Gasteiger partial charge in [-0.1, -0.05) is 42.5 Å². The molecule has 1 N–H and O–H groups in total. The number of benzene rings is 3. The fourth-order valence-electron chi connectivity index (χ4n) is 3.05. The molecule has 6 heteroatoms. The summed E-state index contributed by atoms with van der Waals surface area (Å²) < 4.78 is 24.4. The van der Waals surface area contributed by atoms with Gasteiger partial charge < -0.3 is 14.5 Å². The number of amides is 1. The van der Waals surface area contributed by atoms with Crippen molar-refractivity contribution in [1.29, 1.82) is 0 Å². The van der Waals surface area contributed by atoms with Gasteiger partial charge in [0.2, 0.25) is 5.78 Å². The number of hydrogen-bond donors (Lipinski definition) is 1. The number of ether oxygens (including phenoxy) is 1. The third-order valence-corrected chi connectivity index (χ3v) is 4.58. The van der Waals surface area contributed by atoms with Gasteiger partial charge in [0.25, 0.3) is 5.91 Å². The lowest BCUT2D eigenvalue weighted by atomic mass is 10.1. The summed E-state index contributed by atoms with van der Waals surface area (Å²) in [5.74, 6) is -0.794. The molecule has 1 heterocycles. The average Bonchev–Trinajstić information content (AvgIpc) is 3.13. The highest BCUT2D eigenvalue weighted by Gasteiger charge is 2.25. The van der Waals surface area contributed by atoms with Crippen LogP contribution in [0.2, 0.25) is 0 Å². The van der Waals surface area contributed by atoms with Gasteiger partial charge in [0.1, 0.15) is 17.1 Å². The second kappa shape index (κ2) is 8.21. The first-order valence-corrected chi connectivity index (χ1v) is 9.37. The molecule has 0 aliphatic heterocycles. The van der Waals surface area contributed by atoms with Crippen molar-refractivity contribution in [3.63, 3.8) is 0 Å². The zero-order valence-corrected chi connectivity index (χ0v) is 16.1. The van der Waals surface area contributed by atoms with Gasteiger partial charge in [-0.2, -0.15) is 0 Å². The van der Waals surface area contributed by atoms with Crippen molar-refractivity contribution in [2.75, 3.05) is 5.32 Å². The molecule has 0 saturated heterocycles. The van der Waals surface area contributed by atoms with Crippen molar-refractivity contribution in [3.05, 3.63) is 96.0 Å². The normalized spacial score (nSPS) is 11.8. The first-order valence-electron chi connectivity index (χ1n) is 9.37. The number of para-hydroxylation sites is 1. The van der Waals surface area contributed by atoms with Gasteiger partial charge in [-0.3, -0.25) is 9.59 Å². The van der Waals surface area contributed by atoms with Crippen molar-refractivity contribution < 1.29 is 23.1 Å². The van der Waals surface area contributed by atoms with E-state index in [0.717, 1.165) is 0 Å². The Morgan fingerprint density at radius 2 is 1.60 bits per heavy atom. The molecule has 3 aromatic carbocycles. The van der Waals surface area contributed by atoms with E-state index in [1.54, 1.807) is 55.5 Å². The predicted molar refractivity (Wildman–Crippen MR) is 111 cm³/mol. The smallest absolute Gasteiger partial charge is 0.265 e. The molecule has 0 aliphatic rings. The molecule has 4 aromatic rings. The van der Waals surface area contributed by atoms with Gasteiger partial charge in [-0.25, -0.2) is 4.39 Å². The second-order valence-corrected chi connectivity index (χ2v) is 6.70. The lowest BCUT2D eigenvalue weighted by Crippen LogP contribution is -2.30. The minimum Gasteiger partial charge on any atom is -0.481 e. The van der Waals surface area contributed by atoms with E-state index < -0.39 is 17.8 Å². The summed E-state index contributed by atoms with van der Waals surface area (Å²) in [6.45, 7) is 1.57. The van der Waals surface area contributed by atoms with E-state index in [1.165, 1.54) is 24.3 Å². The van der Waals surface area contributed by atoms with E-state index in [0.29, 0.717) is 28.0 Å². The maximum Gasteiger partial charge on any atom is 0.265 e. The fraction of sp³-hybridized carbons (Fsp3) is 0.0833. The van der Waals surface area contributed by atoms with Crippen molar-refractivity contribution in [3.8, 4) is 5.75 Å². The van der Waals surface area contributed by atoms with Crippen LogP contribution in [0, 0.1) is 5.82 Å². The first kappa shape index (κ1) is 19.4. The van der Waals surface area contributed by atoms with Crippen molar-refractivity contribution in [1.82, 2.24) is 0 Å². The topological polar surface area (TPSA) is 68.5 Å². The van der Waals surface area contributed by atoms with Crippen LogP contribution in [0.15, 0.2) is 83.3 Å². The molecule has 150 valence electrons. The van der Waals surface area contributed by atoms with Crippen LogP contribution in [0.4, 0.5) is 10.1 Å². The van der Waals surface area contributed by atoms with E-state index >= 15 is 0 Å². The summed E-state index contributed by atoms with van der Waals surface area (Å²) in [6.07, 6.45) is -0.885. The largest absolute Gasteiger partial charge is 0.481 e. The highest BCUT2D eigenvalue weighted by atomic mass is 19.1. The van der Waals surface area contributed by atoms with E-state index in [1.807, 2.05) is 6.07 Å². The van der Waals surface area contributed by atoms with Crippen molar-refractivity contribution in [2.45, 2.75) is 13.0 Å². The Labute approximate surface area is 172 Å². The molecule has 0 aliphatic carbocycles. The SMILES string of the molecule is CC(Oc1ccc(F)cc1)C(=O)Nc1c(C(=O)c2ccccc2)oc2ccccc12. The highest BCUT2D eigenvalue weighted by Crippen LogP contribution is 2.32. The lowest BCUT2D eigenvalue weighted by molar-refractivity contribution is -0.122. The van der Waals surface area contributed by atoms with Gasteiger partial charge in [0.05, 0.1) is 5.69 Å². The van der Waals surface area contributed by atoms with Crippen LogP contribution >= 0.6 is 0 Å². The zero-order chi connectivity index (χ0) is 21.1. The van der Waals surface area contributed by atoms with E-state index in [4.69, 9.17) is 9.15 Å². The molecule has 1 atom stereocenters. The molecule has 4 rings (SSSR count). The summed E-state index contributed by atoms with van der Waals surface area (Å²) in [6, 6.07) is 21.1. The summed E-state index contributed by atoms with van der Waals surface area (Å²) in [5, 5.41) is 3.37. The van der Waals surface area contributed by atoms with Gasteiger partial charge in [-0.05, 0) is 43.3 Å². The van der Waals surface area contributed by atoms with E-state index in [2.05, 4.69) is 5.32 Å². The van der Waals surface area contributed by atoms with E-state index in [9.17, 15) is 14.0 Å². The van der Waals surface area contributed by atoms with Crippen LogP contribution in [0.1, 0.15) is 23.0 Å². The number of halogens is 1. The number of fused-ring (bicyclic) bond motifs is 1. The van der Waals surface area contributed by atoms with Crippen molar-refractivity contribution >= 4 is 28.3 Å². The molecule has 1 unspecified atom stereocenters. The Kier molecular flexibility index (Phi) is 5.30.